The highest BCUT2D eigenvalue weighted by molar-refractivity contribution is 7.80. The van der Waals surface area contributed by atoms with Crippen molar-refractivity contribution in [3.63, 3.8) is 0 Å². The number of nitrogens with zero attached hydrogens (tertiary/aromatic N) is 3. The summed E-state index contributed by atoms with van der Waals surface area (Å²) in [5, 5.41) is 4.37. The number of benzene rings is 2. The quantitative estimate of drug-likeness (QED) is 0.289. The highest BCUT2D eigenvalue weighted by atomic mass is 32.1. The van der Waals surface area contributed by atoms with Crippen LogP contribution in [0.5, 0.6) is 0 Å². The van der Waals surface area contributed by atoms with Gasteiger partial charge in [-0.3, -0.25) is 9.69 Å². The SMILES string of the molecule is CCN(CC)C(=O)c1sc(NC(=S)N2CCN(C(c3ccccc3)c3ccccc3)CC2)c(C(=O)OC)c1C. The second kappa shape index (κ2) is 13.2. The number of thiocarbonyl (C=S) groups is 1. The Morgan fingerprint density at radius 2 is 1.51 bits per heavy atom. The van der Waals surface area contributed by atoms with Gasteiger partial charge in [0.05, 0.1) is 23.6 Å². The Kier molecular flexibility index (Phi) is 9.72. The molecule has 7 nitrogen and oxygen atoms in total. The predicted molar refractivity (Wildman–Crippen MR) is 162 cm³/mol. The molecule has 1 amide bonds. The minimum Gasteiger partial charge on any atom is -0.465 e. The summed E-state index contributed by atoms with van der Waals surface area (Å²) in [6.45, 7) is 10.0. The lowest BCUT2D eigenvalue weighted by molar-refractivity contribution is 0.0601. The summed E-state index contributed by atoms with van der Waals surface area (Å²) < 4.78 is 5.05. The standard InChI is InChI=1S/C30H36N4O3S2/c1-5-32(6-2)28(35)26-21(3)24(29(36)37-4)27(39-26)31-30(38)34-19-17-33(18-20-34)25(22-13-9-7-10-14-22)23-15-11-8-12-16-23/h7-16,25H,5-6,17-20H2,1-4H3,(H,31,38). The fourth-order valence-corrected chi connectivity index (χ4v) is 6.56. The number of carbonyl (C=O) groups is 2. The third-order valence-corrected chi connectivity index (χ3v) is 8.75. The molecule has 2 heterocycles. The van der Waals surface area contributed by atoms with Crippen molar-refractivity contribution >= 4 is 45.5 Å². The number of hydrogen-bond acceptors (Lipinski definition) is 6. The zero-order valence-electron chi connectivity index (χ0n) is 23.0. The van der Waals surface area contributed by atoms with E-state index in [0.29, 0.717) is 39.2 Å². The number of ether oxygens (including phenoxy) is 1. The molecule has 1 N–H and O–H groups in total. The van der Waals surface area contributed by atoms with Crippen LogP contribution in [0, 0.1) is 6.92 Å². The van der Waals surface area contributed by atoms with Gasteiger partial charge in [-0.25, -0.2) is 4.79 Å². The average Bonchev–Trinajstić information content (AvgIpc) is 3.30. The number of thiophene rings is 1. The van der Waals surface area contributed by atoms with Crippen LogP contribution < -0.4 is 5.32 Å². The second-order valence-corrected chi connectivity index (χ2v) is 10.8. The largest absolute Gasteiger partial charge is 0.465 e. The Balaban J connectivity index is 1.50. The van der Waals surface area contributed by atoms with E-state index < -0.39 is 5.97 Å². The van der Waals surface area contributed by atoms with Crippen LogP contribution in [0.25, 0.3) is 0 Å². The number of nitrogens with one attached hydrogen (secondary N) is 1. The molecule has 2 aromatic carbocycles. The second-order valence-electron chi connectivity index (χ2n) is 9.41. The number of esters is 1. The van der Waals surface area contributed by atoms with E-state index in [0.717, 1.165) is 26.2 Å². The third kappa shape index (κ3) is 6.32. The van der Waals surface area contributed by atoms with E-state index in [-0.39, 0.29) is 11.9 Å². The summed E-state index contributed by atoms with van der Waals surface area (Å²) in [6, 6.07) is 21.3. The monoisotopic (exact) mass is 564 g/mol. The first kappa shape index (κ1) is 28.7. The average molecular weight is 565 g/mol. The van der Waals surface area contributed by atoms with Crippen LogP contribution in [-0.2, 0) is 4.74 Å². The Morgan fingerprint density at radius 1 is 0.974 bits per heavy atom. The lowest BCUT2D eigenvalue weighted by Gasteiger charge is -2.40. The van der Waals surface area contributed by atoms with Gasteiger partial charge in [0.25, 0.3) is 5.91 Å². The summed E-state index contributed by atoms with van der Waals surface area (Å²) in [4.78, 5) is 32.7. The maximum Gasteiger partial charge on any atom is 0.341 e. The normalized spacial score (nSPS) is 13.8. The summed E-state index contributed by atoms with van der Waals surface area (Å²) in [7, 11) is 1.35. The molecule has 4 rings (SSSR count). The first-order valence-corrected chi connectivity index (χ1v) is 14.5. The molecular weight excluding hydrogens is 528 g/mol. The smallest absolute Gasteiger partial charge is 0.341 e. The van der Waals surface area contributed by atoms with E-state index in [1.165, 1.54) is 29.6 Å². The van der Waals surface area contributed by atoms with Gasteiger partial charge in [-0.15, -0.1) is 11.3 Å². The summed E-state index contributed by atoms with van der Waals surface area (Å²) in [5.41, 5.74) is 3.51. The van der Waals surface area contributed by atoms with Crippen LogP contribution in [0.4, 0.5) is 5.00 Å². The van der Waals surface area contributed by atoms with Crippen molar-refractivity contribution in [2.45, 2.75) is 26.8 Å². The van der Waals surface area contributed by atoms with Gasteiger partial charge in [-0.05, 0) is 49.7 Å². The molecule has 3 aromatic rings. The molecule has 39 heavy (non-hydrogen) atoms. The van der Waals surface area contributed by atoms with E-state index in [9.17, 15) is 9.59 Å². The van der Waals surface area contributed by atoms with Gasteiger partial charge >= 0.3 is 5.97 Å². The van der Waals surface area contributed by atoms with Gasteiger partial charge < -0.3 is 19.9 Å². The van der Waals surface area contributed by atoms with Crippen LogP contribution in [-0.4, -0.2) is 78.1 Å². The fourth-order valence-electron chi connectivity index (χ4n) is 5.05. The molecule has 206 valence electrons. The van der Waals surface area contributed by atoms with Crippen molar-refractivity contribution in [3.8, 4) is 0 Å². The number of amides is 1. The number of anilines is 1. The molecule has 0 radical (unpaired) electrons. The molecule has 0 saturated carbocycles. The maximum absolute atomic E-state index is 13.1. The molecular formula is C30H36N4O3S2. The maximum atomic E-state index is 13.1. The number of rotatable bonds is 8. The van der Waals surface area contributed by atoms with Crippen LogP contribution in [0.3, 0.4) is 0 Å². The number of methoxy groups -OCH3 is 1. The van der Waals surface area contributed by atoms with Gasteiger partial charge in [0.2, 0.25) is 0 Å². The molecule has 0 aliphatic carbocycles. The molecule has 1 fully saturated rings. The lowest BCUT2D eigenvalue weighted by Crippen LogP contribution is -2.51. The first-order chi connectivity index (χ1) is 18.9. The van der Waals surface area contributed by atoms with Crippen LogP contribution in [0.2, 0.25) is 0 Å². The predicted octanol–water partition coefficient (Wildman–Crippen LogP) is 5.43. The number of hydrogen-bond donors (Lipinski definition) is 1. The van der Waals surface area contributed by atoms with Crippen molar-refractivity contribution in [2.24, 2.45) is 0 Å². The molecule has 0 unspecified atom stereocenters. The zero-order valence-corrected chi connectivity index (χ0v) is 24.6. The number of piperazine rings is 1. The van der Waals surface area contributed by atoms with Crippen LogP contribution in [0.15, 0.2) is 60.7 Å². The molecule has 0 atom stereocenters. The molecule has 1 aromatic heterocycles. The molecule has 1 saturated heterocycles. The third-order valence-electron chi connectivity index (χ3n) is 7.20. The van der Waals surface area contributed by atoms with Gasteiger partial charge in [0.1, 0.15) is 5.00 Å². The van der Waals surface area contributed by atoms with Gasteiger partial charge in [-0.1, -0.05) is 60.7 Å². The van der Waals surface area contributed by atoms with E-state index in [4.69, 9.17) is 17.0 Å². The van der Waals surface area contributed by atoms with E-state index in [2.05, 4.69) is 63.6 Å². The van der Waals surface area contributed by atoms with Crippen LogP contribution in [0.1, 0.15) is 56.6 Å². The first-order valence-electron chi connectivity index (χ1n) is 13.3. The minimum atomic E-state index is -0.481. The molecule has 1 aliphatic heterocycles. The van der Waals surface area contributed by atoms with Gasteiger partial charge in [0.15, 0.2) is 5.11 Å². The topological polar surface area (TPSA) is 65.1 Å². The molecule has 0 bridgehead atoms. The highest BCUT2D eigenvalue weighted by Crippen LogP contribution is 2.35. The van der Waals surface area contributed by atoms with E-state index in [1.807, 2.05) is 26.0 Å². The fraction of sp³-hybridized carbons (Fsp3) is 0.367. The number of carbonyl (C=O) groups excluding carboxylic acids is 2. The van der Waals surface area contributed by atoms with Crippen molar-refractivity contribution < 1.29 is 14.3 Å². The van der Waals surface area contributed by atoms with Gasteiger partial charge in [-0.2, -0.15) is 0 Å². The van der Waals surface area contributed by atoms with Crippen molar-refractivity contribution in [2.75, 3.05) is 51.7 Å². The zero-order chi connectivity index (χ0) is 27.9. The highest BCUT2D eigenvalue weighted by Gasteiger charge is 2.30. The Morgan fingerprint density at radius 3 is 2.00 bits per heavy atom. The summed E-state index contributed by atoms with van der Waals surface area (Å²) in [6.07, 6.45) is 0. The molecule has 1 aliphatic rings. The molecule has 9 heteroatoms. The summed E-state index contributed by atoms with van der Waals surface area (Å²) >= 11 is 7.06. The summed E-state index contributed by atoms with van der Waals surface area (Å²) in [5.74, 6) is -0.570. The Hall–Kier alpha value is -3.27. The Labute approximate surface area is 240 Å². The van der Waals surface area contributed by atoms with Crippen molar-refractivity contribution in [1.29, 1.82) is 0 Å². The Bertz CT molecular complexity index is 1240. The molecule has 0 spiro atoms. The van der Waals surface area contributed by atoms with Crippen molar-refractivity contribution in [3.05, 3.63) is 87.8 Å². The minimum absolute atomic E-state index is 0.0897. The van der Waals surface area contributed by atoms with Gasteiger partial charge in [0, 0.05) is 39.3 Å². The van der Waals surface area contributed by atoms with E-state index >= 15 is 0 Å². The van der Waals surface area contributed by atoms with Crippen molar-refractivity contribution in [1.82, 2.24) is 14.7 Å². The lowest BCUT2D eigenvalue weighted by atomic mass is 9.96. The van der Waals surface area contributed by atoms with Crippen LogP contribution >= 0.6 is 23.6 Å². The van der Waals surface area contributed by atoms with E-state index in [1.54, 1.807) is 11.8 Å².